The zero-order valence-electron chi connectivity index (χ0n) is 6.23. The van der Waals surface area contributed by atoms with Gasteiger partial charge in [-0.25, -0.2) is 0 Å². The number of hydrogen-bond acceptors (Lipinski definition) is 1. The zero-order chi connectivity index (χ0) is 10.1. The van der Waals surface area contributed by atoms with Crippen LogP contribution in [0.5, 0.6) is 0 Å². The molecule has 1 nitrogen and oxygen atoms in total. The van der Waals surface area contributed by atoms with Crippen LogP contribution in [0.2, 0.25) is 0 Å². The maximum atomic E-state index is 12.0. The number of halogens is 4. The van der Waals surface area contributed by atoms with Crippen molar-refractivity contribution in [2.45, 2.75) is 6.18 Å². The largest absolute Gasteiger partial charge is 0.416 e. The van der Waals surface area contributed by atoms with E-state index in [1.807, 2.05) is 0 Å². The van der Waals surface area contributed by atoms with Crippen molar-refractivity contribution in [3.05, 3.63) is 35.4 Å². The highest BCUT2D eigenvalue weighted by Crippen LogP contribution is 2.29. The van der Waals surface area contributed by atoms with Crippen molar-refractivity contribution in [2.24, 2.45) is 0 Å². The summed E-state index contributed by atoms with van der Waals surface area (Å²) in [5.74, 6) is 0. The van der Waals surface area contributed by atoms with Gasteiger partial charge in [0.15, 0.2) is 0 Å². The smallest absolute Gasteiger partial charge is 0.281 e. The third-order valence-electron chi connectivity index (χ3n) is 1.44. The molecule has 5 heteroatoms. The average molecular weight is 253 g/mol. The first-order chi connectivity index (χ1) is 5.91. The average Bonchev–Trinajstić information content (AvgIpc) is 2.03. The van der Waals surface area contributed by atoms with E-state index in [1.54, 1.807) is 0 Å². The van der Waals surface area contributed by atoms with Crippen molar-refractivity contribution in [2.75, 3.05) is 0 Å². The normalized spacial score (nSPS) is 11.4. The summed E-state index contributed by atoms with van der Waals surface area (Å²) in [6, 6.07) is 3.99. The van der Waals surface area contributed by atoms with Crippen molar-refractivity contribution in [1.29, 1.82) is 0 Å². The SMILES string of the molecule is O=C(Br)c1ccc(C(F)(F)F)cc1. The van der Waals surface area contributed by atoms with E-state index in [9.17, 15) is 18.0 Å². The van der Waals surface area contributed by atoms with Gasteiger partial charge in [-0.15, -0.1) is 0 Å². The molecule has 0 spiro atoms. The molecule has 0 aliphatic rings. The van der Waals surface area contributed by atoms with Gasteiger partial charge in [-0.1, -0.05) is 0 Å². The minimum atomic E-state index is -4.35. The van der Waals surface area contributed by atoms with Gasteiger partial charge in [-0.05, 0) is 40.2 Å². The first kappa shape index (κ1) is 10.2. The van der Waals surface area contributed by atoms with Gasteiger partial charge in [0.25, 0.3) is 0 Å². The Kier molecular flexibility index (Phi) is 2.75. The molecule has 0 bridgehead atoms. The lowest BCUT2D eigenvalue weighted by Gasteiger charge is -2.05. The molecule has 70 valence electrons. The number of rotatable bonds is 1. The first-order valence-corrected chi connectivity index (χ1v) is 4.07. The Hall–Kier alpha value is -0.840. The number of carbonyl (C=O) groups excluding carboxylic acids is 1. The molecule has 1 aromatic carbocycles. The fourth-order valence-electron chi connectivity index (χ4n) is 0.790. The lowest BCUT2D eigenvalue weighted by atomic mass is 10.1. The minimum absolute atomic E-state index is 0.202. The predicted molar refractivity (Wildman–Crippen MR) is 44.7 cm³/mol. The van der Waals surface area contributed by atoms with Crippen LogP contribution in [0.3, 0.4) is 0 Å². The highest BCUT2D eigenvalue weighted by molar-refractivity contribution is 9.18. The summed E-state index contributed by atoms with van der Waals surface area (Å²) in [6.07, 6.45) is -4.35. The minimum Gasteiger partial charge on any atom is -0.281 e. The summed E-state index contributed by atoms with van der Waals surface area (Å²) in [7, 11) is 0. The molecule has 0 aliphatic carbocycles. The van der Waals surface area contributed by atoms with Crippen LogP contribution in [0.25, 0.3) is 0 Å². The van der Waals surface area contributed by atoms with Gasteiger partial charge in [-0.2, -0.15) is 13.2 Å². The standard InChI is InChI=1S/C8H4BrF3O/c9-7(13)5-1-3-6(4-2-5)8(10,11)12/h1-4H. The van der Waals surface area contributed by atoms with Crippen LogP contribution in [-0.2, 0) is 6.18 Å². The summed E-state index contributed by atoms with van der Waals surface area (Å²) in [5.41, 5.74) is -0.557. The molecule has 0 fully saturated rings. The molecule has 0 amide bonds. The Bertz CT molecular complexity index is 315. The van der Waals surface area contributed by atoms with Crippen LogP contribution in [0, 0.1) is 0 Å². The molecule has 1 rings (SSSR count). The highest BCUT2D eigenvalue weighted by Gasteiger charge is 2.30. The van der Waals surface area contributed by atoms with Crippen LogP contribution in [-0.4, -0.2) is 4.69 Å². The van der Waals surface area contributed by atoms with E-state index >= 15 is 0 Å². The Morgan fingerprint density at radius 2 is 1.62 bits per heavy atom. The first-order valence-electron chi connectivity index (χ1n) is 3.28. The van der Waals surface area contributed by atoms with E-state index in [2.05, 4.69) is 15.9 Å². The summed E-state index contributed by atoms with van der Waals surface area (Å²) in [4.78, 5) is 10.6. The van der Waals surface area contributed by atoms with Crippen LogP contribution < -0.4 is 0 Å². The van der Waals surface area contributed by atoms with E-state index in [1.165, 1.54) is 0 Å². The van der Waals surface area contributed by atoms with Crippen molar-refractivity contribution < 1.29 is 18.0 Å². The highest BCUT2D eigenvalue weighted by atomic mass is 79.9. The molecular weight excluding hydrogens is 249 g/mol. The molecule has 0 saturated carbocycles. The maximum Gasteiger partial charge on any atom is 0.416 e. The monoisotopic (exact) mass is 252 g/mol. The van der Waals surface area contributed by atoms with Crippen molar-refractivity contribution >= 4 is 20.6 Å². The summed E-state index contributed by atoms with van der Waals surface area (Å²) >= 11 is 2.64. The van der Waals surface area contributed by atoms with Gasteiger partial charge < -0.3 is 0 Å². The third kappa shape index (κ3) is 2.55. The molecule has 1 aromatic rings. The summed E-state index contributed by atoms with van der Waals surface area (Å²) in [6.45, 7) is 0. The Balaban J connectivity index is 3.01. The fourth-order valence-corrected chi connectivity index (χ4v) is 1.05. The topological polar surface area (TPSA) is 17.1 Å². The second kappa shape index (κ2) is 3.49. The number of benzene rings is 1. The number of hydrogen-bond donors (Lipinski definition) is 0. The second-order valence-electron chi connectivity index (χ2n) is 2.35. The molecule has 0 aromatic heterocycles. The van der Waals surface area contributed by atoms with Gasteiger partial charge in [0.05, 0.1) is 5.56 Å². The van der Waals surface area contributed by atoms with E-state index in [0.29, 0.717) is 0 Å². The Labute approximate surface area is 80.7 Å². The Morgan fingerprint density at radius 1 is 1.15 bits per heavy atom. The second-order valence-corrected chi connectivity index (χ2v) is 3.07. The molecule has 0 atom stereocenters. The van der Waals surface area contributed by atoms with Crippen LogP contribution >= 0.6 is 15.9 Å². The molecule has 0 saturated heterocycles. The summed E-state index contributed by atoms with van der Waals surface area (Å²) < 4.78 is 35.6. The molecule has 0 heterocycles. The lowest BCUT2D eigenvalue weighted by molar-refractivity contribution is -0.137. The van der Waals surface area contributed by atoms with Crippen LogP contribution in [0.15, 0.2) is 24.3 Å². The molecule has 13 heavy (non-hydrogen) atoms. The number of carbonyl (C=O) groups is 1. The van der Waals surface area contributed by atoms with Crippen molar-refractivity contribution in [3.8, 4) is 0 Å². The molecule has 0 aliphatic heterocycles. The van der Waals surface area contributed by atoms with Crippen molar-refractivity contribution in [3.63, 3.8) is 0 Å². The van der Waals surface area contributed by atoms with E-state index < -0.39 is 16.4 Å². The molecule has 0 radical (unpaired) electrons. The predicted octanol–water partition coefficient (Wildman–Crippen LogP) is 3.24. The lowest BCUT2D eigenvalue weighted by Crippen LogP contribution is -2.04. The molecular formula is C8H4BrF3O. The molecule has 0 N–H and O–H groups in total. The van der Waals surface area contributed by atoms with Gasteiger partial charge in [0.1, 0.15) is 0 Å². The zero-order valence-corrected chi connectivity index (χ0v) is 7.82. The summed E-state index contributed by atoms with van der Waals surface area (Å²) in [5, 5.41) is 0. The van der Waals surface area contributed by atoms with E-state index in [4.69, 9.17) is 0 Å². The van der Waals surface area contributed by atoms with E-state index in [-0.39, 0.29) is 5.56 Å². The quantitative estimate of drug-likeness (QED) is 0.702. The Morgan fingerprint density at radius 3 is 1.92 bits per heavy atom. The van der Waals surface area contributed by atoms with Crippen LogP contribution in [0.1, 0.15) is 15.9 Å². The third-order valence-corrected chi connectivity index (χ3v) is 1.90. The molecule has 0 unspecified atom stereocenters. The van der Waals surface area contributed by atoms with Crippen LogP contribution in [0.4, 0.5) is 13.2 Å². The van der Waals surface area contributed by atoms with Gasteiger partial charge in [-0.3, -0.25) is 4.79 Å². The number of alkyl halides is 3. The van der Waals surface area contributed by atoms with E-state index in [0.717, 1.165) is 24.3 Å². The van der Waals surface area contributed by atoms with Gasteiger partial charge in [0.2, 0.25) is 4.69 Å². The maximum absolute atomic E-state index is 12.0. The van der Waals surface area contributed by atoms with Crippen molar-refractivity contribution in [1.82, 2.24) is 0 Å². The van der Waals surface area contributed by atoms with Gasteiger partial charge in [0, 0.05) is 5.56 Å². The van der Waals surface area contributed by atoms with Gasteiger partial charge >= 0.3 is 6.18 Å². The fraction of sp³-hybridized carbons (Fsp3) is 0.125.